The van der Waals surface area contributed by atoms with Crippen LogP contribution in [0.15, 0.2) is 0 Å². The molecule has 0 saturated carbocycles. The van der Waals surface area contributed by atoms with Crippen molar-refractivity contribution in [2.75, 3.05) is 20.2 Å². The summed E-state index contributed by atoms with van der Waals surface area (Å²) in [5.74, 6) is -3.12. The van der Waals surface area contributed by atoms with Crippen LogP contribution in [0, 0.1) is 0 Å². The minimum atomic E-state index is -2.40. The Kier molecular flexibility index (Phi) is 7.23. The van der Waals surface area contributed by atoms with E-state index in [1.165, 1.54) is 0 Å². The van der Waals surface area contributed by atoms with E-state index in [4.69, 9.17) is 5.11 Å². The molecule has 0 heterocycles. The van der Waals surface area contributed by atoms with Gasteiger partial charge in [-0.1, -0.05) is 0 Å². The van der Waals surface area contributed by atoms with Gasteiger partial charge in [0.25, 0.3) is 0 Å². The molecule has 0 aliphatic heterocycles. The first-order chi connectivity index (χ1) is 7.02. The third kappa shape index (κ3) is 8.31. The summed E-state index contributed by atoms with van der Waals surface area (Å²) in [4.78, 5) is 11.0. The van der Waals surface area contributed by atoms with Crippen molar-refractivity contribution in [3.63, 3.8) is 0 Å². The van der Waals surface area contributed by atoms with Crippen LogP contribution in [-0.2, 0) is 9.53 Å². The first-order valence-corrected chi connectivity index (χ1v) is 4.94. The summed E-state index contributed by atoms with van der Waals surface area (Å²) in [5, 5.41) is 29.7. The topological polar surface area (TPSA) is 99.0 Å². The van der Waals surface area contributed by atoms with Gasteiger partial charge in [-0.2, -0.15) is 0 Å². The highest BCUT2D eigenvalue weighted by Crippen LogP contribution is 2.12. The summed E-state index contributed by atoms with van der Waals surface area (Å²) in [6.45, 7) is 0.482. The number of esters is 1. The maximum atomic E-state index is 11.0. The number of carbonyl (C=O) groups excluding carboxylic acids is 1. The molecule has 0 unspecified atom stereocenters. The summed E-state index contributed by atoms with van der Waals surface area (Å²) in [7, 11) is 1.74. The molecule has 0 fully saturated rings. The predicted molar refractivity (Wildman–Crippen MR) is 52.7 cm³/mol. The fourth-order valence-electron chi connectivity index (χ4n) is 1.00. The zero-order chi connectivity index (χ0) is 11.7. The quantitative estimate of drug-likeness (QED) is 0.237. The standard InChI is InChI=1S/C9H19NO5/c1-10-6-3-5-9(13,14)15-8(12)4-2-7-11/h10-11,13-14H,2-7H2,1H3. The Balaban J connectivity index is 3.75. The van der Waals surface area contributed by atoms with E-state index < -0.39 is 11.9 Å². The largest absolute Gasteiger partial charge is 0.408 e. The molecular weight excluding hydrogens is 202 g/mol. The SMILES string of the molecule is CNCCCC(O)(O)OC(=O)CCCO. The Labute approximate surface area is 88.9 Å². The Bertz CT molecular complexity index is 183. The summed E-state index contributed by atoms with van der Waals surface area (Å²) in [6.07, 6.45) is 0.673. The van der Waals surface area contributed by atoms with Crippen LogP contribution in [0.5, 0.6) is 0 Å². The van der Waals surface area contributed by atoms with Gasteiger partial charge in [0, 0.05) is 19.4 Å². The van der Waals surface area contributed by atoms with Crippen molar-refractivity contribution in [1.82, 2.24) is 5.32 Å². The van der Waals surface area contributed by atoms with E-state index in [2.05, 4.69) is 10.1 Å². The Morgan fingerprint density at radius 3 is 2.60 bits per heavy atom. The number of ether oxygens (including phenoxy) is 1. The Hall–Kier alpha value is -0.690. The lowest BCUT2D eigenvalue weighted by molar-refractivity contribution is -0.322. The maximum absolute atomic E-state index is 11.0. The van der Waals surface area contributed by atoms with E-state index in [1.54, 1.807) is 7.05 Å². The van der Waals surface area contributed by atoms with Crippen molar-refractivity contribution in [2.24, 2.45) is 0 Å². The zero-order valence-electron chi connectivity index (χ0n) is 8.90. The smallest absolute Gasteiger partial charge is 0.324 e. The van der Waals surface area contributed by atoms with Gasteiger partial charge in [0.2, 0.25) is 0 Å². The number of hydrogen-bond acceptors (Lipinski definition) is 6. The second-order valence-electron chi connectivity index (χ2n) is 3.25. The molecule has 90 valence electrons. The van der Waals surface area contributed by atoms with Gasteiger partial charge in [0.1, 0.15) is 0 Å². The van der Waals surface area contributed by atoms with E-state index in [1.807, 2.05) is 0 Å². The van der Waals surface area contributed by atoms with Crippen LogP contribution in [0.25, 0.3) is 0 Å². The summed E-state index contributed by atoms with van der Waals surface area (Å²) in [6, 6.07) is 0. The minimum absolute atomic E-state index is 0.0224. The van der Waals surface area contributed by atoms with E-state index in [-0.39, 0.29) is 25.9 Å². The van der Waals surface area contributed by atoms with Crippen molar-refractivity contribution in [3.8, 4) is 0 Å². The van der Waals surface area contributed by atoms with Crippen molar-refractivity contribution < 1.29 is 24.9 Å². The molecule has 4 N–H and O–H groups in total. The predicted octanol–water partition coefficient (Wildman–Crippen LogP) is -1.06. The van der Waals surface area contributed by atoms with Crippen LogP contribution < -0.4 is 5.32 Å². The van der Waals surface area contributed by atoms with E-state index in [9.17, 15) is 15.0 Å². The lowest BCUT2D eigenvalue weighted by Crippen LogP contribution is -2.35. The third-order valence-corrected chi connectivity index (χ3v) is 1.75. The number of aliphatic hydroxyl groups is 3. The fourth-order valence-corrected chi connectivity index (χ4v) is 1.00. The van der Waals surface area contributed by atoms with Crippen LogP contribution in [0.4, 0.5) is 0 Å². The van der Waals surface area contributed by atoms with Crippen LogP contribution >= 0.6 is 0 Å². The van der Waals surface area contributed by atoms with Gasteiger partial charge in [-0.05, 0) is 26.4 Å². The second-order valence-corrected chi connectivity index (χ2v) is 3.25. The van der Waals surface area contributed by atoms with Crippen LogP contribution in [-0.4, -0.2) is 47.5 Å². The van der Waals surface area contributed by atoms with Crippen LogP contribution in [0.3, 0.4) is 0 Å². The number of nitrogens with one attached hydrogen (secondary N) is 1. The Morgan fingerprint density at radius 1 is 1.40 bits per heavy atom. The lowest BCUT2D eigenvalue weighted by atomic mass is 10.2. The van der Waals surface area contributed by atoms with Gasteiger partial charge in [-0.15, -0.1) is 0 Å². The van der Waals surface area contributed by atoms with Gasteiger partial charge in [0.15, 0.2) is 0 Å². The van der Waals surface area contributed by atoms with Crippen molar-refractivity contribution in [1.29, 1.82) is 0 Å². The highest BCUT2D eigenvalue weighted by molar-refractivity contribution is 5.69. The van der Waals surface area contributed by atoms with Gasteiger partial charge in [-0.3, -0.25) is 4.79 Å². The molecule has 0 radical (unpaired) electrons. The molecule has 6 heteroatoms. The molecule has 0 aliphatic rings. The minimum Gasteiger partial charge on any atom is -0.408 e. The zero-order valence-corrected chi connectivity index (χ0v) is 8.90. The van der Waals surface area contributed by atoms with E-state index in [0.29, 0.717) is 13.0 Å². The molecule has 0 aromatic rings. The van der Waals surface area contributed by atoms with Crippen molar-refractivity contribution in [3.05, 3.63) is 0 Å². The molecule has 0 aromatic heterocycles. The number of carbonyl (C=O) groups is 1. The van der Waals surface area contributed by atoms with Crippen LogP contribution in [0.2, 0.25) is 0 Å². The van der Waals surface area contributed by atoms with Crippen molar-refractivity contribution >= 4 is 5.97 Å². The molecule has 0 rings (SSSR count). The number of rotatable bonds is 8. The molecule has 0 saturated heterocycles. The number of aliphatic hydroxyl groups excluding tert-OH is 1. The molecular formula is C9H19NO5. The van der Waals surface area contributed by atoms with Gasteiger partial charge in [-0.25, -0.2) is 0 Å². The molecule has 0 aliphatic carbocycles. The second kappa shape index (κ2) is 7.58. The molecule has 0 spiro atoms. The molecule has 0 amide bonds. The first-order valence-electron chi connectivity index (χ1n) is 4.94. The fraction of sp³-hybridized carbons (Fsp3) is 0.889. The molecule has 0 atom stereocenters. The number of hydrogen-bond donors (Lipinski definition) is 4. The highest BCUT2D eigenvalue weighted by atomic mass is 16.8. The van der Waals surface area contributed by atoms with Crippen LogP contribution in [0.1, 0.15) is 25.7 Å². The molecule has 0 aromatic carbocycles. The van der Waals surface area contributed by atoms with E-state index >= 15 is 0 Å². The van der Waals surface area contributed by atoms with Gasteiger partial charge in [0.05, 0.1) is 0 Å². The average Bonchev–Trinajstić information content (AvgIpc) is 2.14. The summed E-state index contributed by atoms with van der Waals surface area (Å²) in [5.41, 5.74) is 0. The summed E-state index contributed by atoms with van der Waals surface area (Å²) >= 11 is 0. The van der Waals surface area contributed by atoms with Gasteiger partial charge >= 0.3 is 11.9 Å². The average molecular weight is 221 g/mol. The molecule has 0 bridgehead atoms. The Morgan fingerprint density at radius 2 is 2.07 bits per heavy atom. The van der Waals surface area contributed by atoms with Crippen molar-refractivity contribution in [2.45, 2.75) is 31.7 Å². The third-order valence-electron chi connectivity index (χ3n) is 1.75. The first kappa shape index (κ1) is 14.3. The summed E-state index contributed by atoms with van der Waals surface area (Å²) < 4.78 is 4.42. The monoisotopic (exact) mass is 221 g/mol. The lowest BCUT2D eigenvalue weighted by Gasteiger charge is -2.21. The maximum Gasteiger partial charge on any atom is 0.324 e. The molecule has 6 nitrogen and oxygen atoms in total. The van der Waals surface area contributed by atoms with E-state index in [0.717, 1.165) is 0 Å². The highest BCUT2D eigenvalue weighted by Gasteiger charge is 2.27. The van der Waals surface area contributed by atoms with Gasteiger partial charge < -0.3 is 25.4 Å². The molecule has 15 heavy (non-hydrogen) atoms. The normalized spacial score (nSPS) is 11.5.